The lowest BCUT2D eigenvalue weighted by atomic mass is 10.1. The first-order valence-corrected chi connectivity index (χ1v) is 8.24. The van der Waals surface area contributed by atoms with E-state index in [1.165, 1.54) is 0 Å². The van der Waals surface area contributed by atoms with Crippen LogP contribution in [-0.4, -0.2) is 34.7 Å². The average Bonchev–Trinajstić information content (AvgIpc) is 2.60. The number of pyridine rings is 1. The van der Waals surface area contributed by atoms with Crippen LogP contribution in [0.5, 0.6) is 11.5 Å². The summed E-state index contributed by atoms with van der Waals surface area (Å²) in [6.45, 7) is 5.21. The number of carbonyl (C=O) groups excluding carboxylic acids is 1. The van der Waals surface area contributed by atoms with E-state index in [-0.39, 0.29) is 23.7 Å². The summed E-state index contributed by atoms with van der Waals surface area (Å²) in [4.78, 5) is 27.2. The van der Waals surface area contributed by atoms with Crippen LogP contribution in [0, 0.1) is 0 Å². The van der Waals surface area contributed by atoms with Gasteiger partial charge < -0.3 is 19.9 Å². The molecule has 1 aromatic heterocycles. The second-order valence-electron chi connectivity index (χ2n) is 5.96. The van der Waals surface area contributed by atoms with Gasteiger partial charge in [-0.2, -0.15) is 0 Å². The van der Waals surface area contributed by atoms with Gasteiger partial charge in [-0.3, -0.25) is 4.79 Å². The highest BCUT2D eigenvalue weighted by Crippen LogP contribution is 2.20. The van der Waals surface area contributed by atoms with Gasteiger partial charge in [-0.25, -0.2) is 9.78 Å². The van der Waals surface area contributed by atoms with E-state index in [2.05, 4.69) is 10.3 Å². The lowest BCUT2D eigenvalue weighted by Gasteiger charge is -2.17. The van der Waals surface area contributed by atoms with Crippen LogP contribution in [0.15, 0.2) is 42.6 Å². The standard InChI is InChI=1S/C19H22N2O5/c1-12(2)26-16-5-4-10-20-18(16)19(24)21-13(3)14-6-8-15(9-7-14)25-11-17(22)23/h4-10,12-13H,11H2,1-3H3,(H,21,24)(H,22,23). The Morgan fingerprint density at radius 1 is 1.15 bits per heavy atom. The van der Waals surface area contributed by atoms with Crippen LogP contribution >= 0.6 is 0 Å². The number of carboxylic acid groups (broad SMARTS) is 1. The summed E-state index contributed by atoms with van der Waals surface area (Å²) in [6, 6.07) is 10.0. The predicted molar refractivity (Wildman–Crippen MR) is 95.5 cm³/mol. The van der Waals surface area contributed by atoms with Crippen molar-refractivity contribution < 1.29 is 24.2 Å². The molecule has 0 bridgehead atoms. The quantitative estimate of drug-likeness (QED) is 0.753. The summed E-state index contributed by atoms with van der Waals surface area (Å²) in [5.41, 5.74) is 1.08. The zero-order valence-electron chi connectivity index (χ0n) is 14.9. The van der Waals surface area contributed by atoms with Gasteiger partial charge in [0.05, 0.1) is 12.1 Å². The molecule has 0 aliphatic rings. The fraction of sp³-hybridized carbons (Fsp3) is 0.316. The van der Waals surface area contributed by atoms with Crippen LogP contribution in [0.25, 0.3) is 0 Å². The third-order valence-corrected chi connectivity index (χ3v) is 3.44. The zero-order chi connectivity index (χ0) is 19.1. The molecule has 0 saturated heterocycles. The maximum absolute atomic E-state index is 12.5. The molecular weight excluding hydrogens is 336 g/mol. The Morgan fingerprint density at radius 3 is 2.46 bits per heavy atom. The SMILES string of the molecule is CC(C)Oc1cccnc1C(=O)NC(C)c1ccc(OCC(=O)O)cc1. The number of nitrogens with one attached hydrogen (secondary N) is 1. The van der Waals surface area contributed by atoms with Crippen molar-refractivity contribution in [2.24, 2.45) is 0 Å². The summed E-state index contributed by atoms with van der Waals surface area (Å²) in [5, 5.41) is 11.5. The Bertz CT molecular complexity index is 759. The molecule has 1 aromatic carbocycles. The van der Waals surface area contributed by atoms with Crippen molar-refractivity contribution in [1.82, 2.24) is 10.3 Å². The summed E-state index contributed by atoms with van der Waals surface area (Å²) < 4.78 is 10.7. The van der Waals surface area contributed by atoms with Crippen molar-refractivity contribution in [3.63, 3.8) is 0 Å². The highest BCUT2D eigenvalue weighted by atomic mass is 16.5. The van der Waals surface area contributed by atoms with Crippen molar-refractivity contribution in [1.29, 1.82) is 0 Å². The molecule has 138 valence electrons. The van der Waals surface area contributed by atoms with Crippen LogP contribution in [0.3, 0.4) is 0 Å². The number of hydrogen-bond acceptors (Lipinski definition) is 5. The number of carbonyl (C=O) groups is 2. The summed E-state index contributed by atoms with van der Waals surface area (Å²) >= 11 is 0. The molecule has 7 heteroatoms. The number of aromatic nitrogens is 1. The Kier molecular flexibility index (Phi) is 6.54. The van der Waals surface area contributed by atoms with Crippen molar-refractivity contribution in [3.05, 3.63) is 53.9 Å². The van der Waals surface area contributed by atoms with Gasteiger partial charge in [-0.05, 0) is 50.6 Å². The normalized spacial score (nSPS) is 11.7. The van der Waals surface area contributed by atoms with Crippen LogP contribution < -0.4 is 14.8 Å². The number of amides is 1. The fourth-order valence-electron chi connectivity index (χ4n) is 2.26. The van der Waals surface area contributed by atoms with Crippen molar-refractivity contribution in [2.45, 2.75) is 32.9 Å². The molecule has 26 heavy (non-hydrogen) atoms. The third kappa shape index (κ3) is 5.47. The van der Waals surface area contributed by atoms with Crippen molar-refractivity contribution in [3.8, 4) is 11.5 Å². The Hall–Kier alpha value is -3.09. The molecule has 1 unspecified atom stereocenters. The van der Waals surface area contributed by atoms with Gasteiger partial charge in [0.25, 0.3) is 5.91 Å². The van der Waals surface area contributed by atoms with E-state index in [0.29, 0.717) is 11.5 Å². The smallest absolute Gasteiger partial charge is 0.341 e. The van der Waals surface area contributed by atoms with Gasteiger partial charge in [0.2, 0.25) is 0 Å². The monoisotopic (exact) mass is 358 g/mol. The van der Waals surface area contributed by atoms with Gasteiger partial charge in [-0.1, -0.05) is 12.1 Å². The molecule has 7 nitrogen and oxygen atoms in total. The van der Waals surface area contributed by atoms with Crippen LogP contribution in [0.1, 0.15) is 42.9 Å². The minimum atomic E-state index is -1.04. The zero-order valence-corrected chi connectivity index (χ0v) is 14.9. The van der Waals surface area contributed by atoms with Crippen molar-refractivity contribution in [2.75, 3.05) is 6.61 Å². The van der Waals surface area contributed by atoms with Crippen molar-refractivity contribution >= 4 is 11.9 Å². The number of rotatable bonds is 8. The maximum atomic E-state index is 12.5. The summed E-state index contributed by atoms with van der Waals surface area (Å²) in [7, 11) is 0. The first-order valence-electron chi connectivity index (χ1n) is 8.24. The molecule has 2 N–H and O–H groups in total. The van der Waals surface area contributed by atoms with Gasteiger partial charge >= 0.3 is 5.97 Å². The Balaban J connectivity index is 2.04. The van der Waals surface area contributed by atoms with E-state index < -0.39 is 12.6 Å². The Morgan fingerprint density at radius 2 is 1.85 bits per heavy atom. The van der Waals surface area contributed by atoms with Gasteiger partial charge in [0.15, 0.2) is 18.1 Å². The first kappa shape index (κ1) is 19.2. The van der Waals surface area contributed by atoms with Crippen LogP contribution in [0.2, 0.25) is 0 Å². The molecular formula is C19H22N2O5. The van der Waals surface area contributed by atoms with Gasteiger partial charge in [-0.15, -0.1) is 0 Å². The summed E-state index contributed by atoms with van der Waals surface area (Å²) in [5.74, 6) is -0.485. The number of benzene rings is 1. The molecule has 0 aliphatic carbocycles. The summed E-state index contributed by atoms with van der Waals surface area (Å²) in [6.07, 6.45) is 1.47. The van der Waals surface area contributed by atoms with Gasteiger partial charge in [0, 0.05) is 6.20 Å². The fourth-order valence-corrected chi connectivity index (χ4v) is 2.26. The van der Waals surface area contributed by atoms with E-state index in [4.69, 9.17) is 14.6 Å². The molecule has 1 heterocycles. The second kappa shape index (κ2) is 8.84. The number of ether oxygens (including phenoxy) is 2. The maximum Gasteiger partial charge on any atom is 0.341 e. The molecule has 0 aliphatic heterocycles. The first-order chi connectivity index (χ1) is 12.4. The topological polar surface area (TPSA) is 97.8 Å². The third-order valence-electron chi connectivity index (χ3n) is 3.44. The minimum absolute atomic E-state index is 0.0680. The van der Waals surface area contributed by atoms with E-state index in [9.17, 15) is 9.59 Å². The van der Waals surface area contributed by atoms with E-state index >= 15 is 0 Å². The Labute approximate surface area is 152 Å². The lowest BCUT2D eigenvalue weighted by molar-refractivity contribution is -0.139. The highest BCUT2D eigenvalue weighted by molar-refractivity contribution is 5.95. The molecule has 0 saturated carbocycles. The molecule has 2 rings (SSSR count). The molecule has 0 spiro atoms. The molecule has 0 radical (unpaired) electrons. The second-order valence-corrected chi connectivity index (χ2v) is 5.96. The lowest BCUT2D eigenvalue weighted by Crippen LogP contribution is -2.28. The van der Waals surface area contributed by atoms with E-state index in [0.717, 1.165) is 5.56 Å². The average molecular weight is 358 g/mol. The number of hydrogen-bond donors (Lipinski definition) is 2. The molecule has 2 aromatic rings. The number of aliphatic carboxylic acids is 1. The number of nitrogens with zero attached hydrogens (tertiary/aromatic N) is 1. The minimum Gasteiger partial charge on any atom is -0.489 e. The predicted octanol–water partition coefficient (Wildman–Crippen LogP) is 2.82. The van der Waals surface area contributed by atoms with Crippen LogP contribution in [-0.2, 0) is 4.79 Å². The van der Waals surface area contributed by atoms with E-state index in [1.54, 1.807) is 42.6 Å². The molecule has 0 fully saturated rings. The molecule has 1 amide bonds. The van der Waals surface area contributed by atoms with E-state index in [1.807, 2.05) is 20.8 Å². The molecule has 1 atom stereocenters. The van der Waals surface area contributed by atoms with Crippen LogP contribution in [0.4, 0.5) is 0 Å². The largest absolute Gasteiger partial charge is 0.489 e. The number of carboxylic acids is 1. The highest BCUT2D eigenvalue weighted by Gasteiger charge is 2.17. The van der Waals surface area contributed by atoms with Gasteiger partial charge in [0.1, 0.15) is 5.75 Å².